The van der Waals surface area contributed by atoms with Crippen LogP contribution in [0.5, 0.6) is 0 Å². The van der Waals surface area contributed by atoms with Gasteiger partial charge in [0.05, 0.1) is 6.20 Å². The summed E-state index contributed by atoms with van der Waals surface area (Å²) in [5.74, 6) is -0.241. The second-order valence-corrected chi connectivity index (χ2v) is 6.22. The summed E-state index contributed by atoms with van der Waals surface area (Å²) < 4.78 is 1.53. The lowest BCUT2D eigenvalue weighted by Gasteiger charge is -2.18. The fourth-order valence-electron chi connectivity index (χ4n) is 2.74. The number of rotatable bonds is 8. The van der Waals surface area contributed by atoms with Gasteiger partial charge in [0.15, 0.2) is 0 Å². The normalized spacial score (nSPS) is 11.6. The molecular formula is C18H19N7O4. The number of nitrogens with one attached hydrogen (secondary N) is 3. The maximum absolute atomic E-state index is 12.7. The average molecular weight is 397 g/mol. The molecule has 11 heteroatoms. The van der Waals surface area contributed by atoms with Crippen LogP contribution >= 0.6 is 0 Å². The van der Waals surface area contributed by atoms with Gasteiger partial charge in [0.1, 0.15) is 18.1 Å². The third kappa shape index (κ3) is 5.03. The monoisotopic (exact) mass is 397 g/mol. The molecule has 0 saturated carbocycles. The molecular weight excluding hydrogens is 378 g/mol. The first-order valence-electron chi connectivity index (χ1n) is 8.77. The minimum absolute atomic E-state index is 0.0228. The number of nitrogens with zero attached hydrogens (tertiary/aromatic N) is 4. The molecule has 2 aromatic heterocycles. The lowest BCUT2D eigenvalue weighted by atomic mass is 10.1. The van der Waals surface area contributed by atoms with Crippen molar-refractivity contribution in [2.45, 2.75) is 25.9 Å². The number of amides is 2. The molecule has 1 unspecified atom stereocenters. The summed E-state index contributed by atoms with van der Waals surface area (Å²) in [4.78, 5) is 39.2. The molecule has 0 aliphatic carbocycles. The predicted molar refractivity (Wildman–Crippen MR) is 103 cm³/mol. The molecule has 0 spiro atoms. The van der Waals surface area contributed by atoms with Crippen LogP contribution < -0.4 is 10.6 Å². The second-order valence-electron chi connectivity index (χ2n) is 6.22. The van der Waals surface area contributed by atoms with E-state index >= 15 is 0 Å². The van der Waals surface area contributed by atoms with Gasteiger partial charge >= 0.3 is 5.82 Å². The van der Waals surface area contributed by atoms with Crippen LogP contribution in [0.15, 0.2) is 48.8 Å². The van der Waals surface area contributed by atoms with Gasteiger partial charge in [-0.25, -0.2) is 0 Å². The van der Waals surface area contributed by atoms with E-state index in [1.807, 2.05) is 6.07 Å². The van der Waals surface area contributed by atoms with Crippen LogP contribution in [-0.4, -0.2) is 36.5 Å². The molecule has 11 nitrogen and oxygen atoms in total. The molecule has 2 heterocycles. The van der Waals surface area contributed by atoms with E-state index in [1.54, 1.807) is 37.3 Å². The van der Waals surface area contributed by atoms with Gasteiger partial charge in [-0.05, 0) is 15.5 Å². The number of benzene rings is 1. The highest BCUT2D eigenvalue weighted by atomic mass is 16.6. The number of aryl methyl sites for hydroxylation is 2. The van der Waals surface area contributed by atoms with Crippen LogP contribution in [0.1, 0.15) is 23.9 Å². The quantitative estimate of drug-likeness (QED) is 0.389. The first-order valence-corrected chi connectivity index (χ1v) is 8.77. The van der Waals surface area contributed by atoms with Gasteiger partial charge in [-0.1, -0.05) is 30.3 Å². The van der Waals surface area contributed by atoms with Crippen molar-refractivity contribution in [3.05, 3.63) is 70.3 Å². The van der Waals surface area contributed by atoms with Gasteiger partial charge in [-0.2, -0.15) is 5.10 Å². The Kier molecular flexibility index (Phi) is 5.97. The number of imidazole rings is 1. The standard InChI is InChI=1S/C18H19N7O4/c1-12-20-15(25(28)29)11-24(12)10-8-16(26)22-17(13-5-3-2-4-6-13)18(27)21-14-7-9-19-23-14/h2-7,9,11,17H,8,10H2,1H3,(H,22,26)(H2,19,21,23,27). The van der Waals surface area contributed by atoms with E-state index < -0.39 is 16.9 Å². The molecule has 0 radical (unpaired) electrons. The number of aromatic amines is 1. The summed E-state index contributed by atoms with van der Waals surface area (Å²) in [5, 5.41) is 22.6. The van der Waals surface area contributed by atoms with E-state index in [2.05, 4.69) is 25.8 Å². The van der Waals surface area contributed by atoms with Crippen molar-refractivity contribution in [3.8, 4) is 0 Å². The first kappa shape index (κ1) is 19.7. The molecule has 1 aromatic carbocycles. The summed E-state index contributed by atoms with van der Waals surface area (Å²) in [6.45, 7) is 1.82. The molecule has 0 aliphatic rings. The molecule has 0 saturated heterocycles. The van der Waals surface area contributed by atoms with Gasteiger partial charge in [-0.3, -0.25) is 14.7 Å². The van der Waals surface area contributed by atoms with Gasteiger partial charge in [0.25, 0.3) is 5.91 Å². The average Bonchev–Trinajstić information content (AvgIpc) is 3.34. The number of H-pyrrole nitrogens is 1. The fourth-order valence-corrected chi connectivity index (χ4v) is 2.74. The van der Waals surface area contributed by atoms with E-state index in [0.717, 1.165) is 0 Å². The zero-order valence-electron chi connectivity index (χ0n) is 15.5. The molecule has 3 N–H and O–H groups in total. The van der Waals surface area contributed by atoms with E-state index in [4.69, 9.17) is 0 Å². The minimum Gasteiger partial charge on any atom is -0.358 e. The largest absolute Gasteiger partial charge is 0.381 e. The SMILES string of the molecule is Cc1nc([N+](=O)[O-])cn1CCC(=O)NC(C(=O)Nc1ccn[nH]1)c1ccccc1. The number of aromatic nitrogens is 4. The van der Waals surface area contributed by atoms with Crippen molar-refractivity contribution < 1.29 is 14.5 Å². The van der Waals surface area contributed by atoms with Gasteiger partial charge in [-0.15, -0.1) is 0 Å². The molecule has 1 atom stereocenters. The number of anilines is 1. The zero-order chi connectivity index (χ0) is 20.8. The summed E-state index contributed by atoms with van der Waals surface area (Å²) in [6.07, 6.45) is 2.80. The van der Waals surface area contributed by atoms with Crippen LogP contribution in [0.2, 0.25) is 0 Å². The summed E-state index contributed by atoms with van der Waals surface area (Å²) in [7, 11) is 0. The number of hydrogen-bond acceptors (Lipinski definition) is 6. The van der Waals surface area contributed by atoms with Gasteiger partial charge < -0.3 is 25.3 Å². The maximum atomic E-state index is 12.7. The molecule has 2 amide bonds. The smallest absolute Gasteiger partial charge is 0.358 e. The Morgan fingerprint density at radius 3 is 2.66 bits per heavy atom. The number of hydrogen-bond donors (Lipinski definition) is 3. The third-order valence-electron chi connectivity index (χ3n) is 4.19. The van der Waals surface area contributed by atoms with Crippen LogP contribution in [0, 0.1) is 17.0 Å². The zero-order valence-corrected chi connectivity index (χ0v) is 15.5. The third-order valence-corrected chi connectivity index (χ3v) is 4.19. The predicted octanol–water partition coefficient (Wildman–Crippen LogP) is 1.71. The number of nitro groups is 1. The Labute approximate surface area is 165 Å². The minimum atomic E-state index is -0.912. The summed E-state index contributed by atoms with van der Waals surface area (Å²) >= 11 is 0. The molecule has 0 fully saturated rings. The Hall–Kier alpha value is -4.02. The van der Waals surface area contributed by atoms with Gasteiger partial charge in [0.2, 0.25) is 11.7 Å². The topological polar surface area (TPSA) is 148 Å². The Morgan fingerprint density at radius 1 is 1.28 bits per heavy atom. The van der Waals surface area contributed by atoms with E-state index in [1.165, 1.54) is 17.0 Å². The lowest BCUT2D eigenvalue weighted by Crippen LogP contribution is -2.37. The van der Waals surface area contributed by atoms with E-state index in [-0.39, 0.29) is 24.7 Å². The molecule has 0 aliphatic heterocycles. The fraction of sp³-hybridized carbons (Fsp3) is 0.222. The van der Waals surface area contributed by atoms with E-state index in [9.17, 15) is 19.7 Å². The first-order chi connectivity index (χ1) is 13.9. The number of carbonyl (C=O) groups excluding carboxylic acids is 2. The van der Waals surface area contributed by atoms with Crippen molar-refractivity contribution in [1.29, 1.82) is 0 Å². The lowest BCUT2D eigenvalue weighted by molar-refractivity contribution is -0.389. The maximum Gasteiger partial charge on any atom is 0.381 e. The van der Waals surface area contributed by atoms with Crippen molar-refractivity contribution >= 4 is 23.5 Å². The Balaban J connectivity index is 1.67. The molecule has 3 rings (SSSR count). The van der Waals surface area contributed by atoms with Gasteiger partial charge in [0, 0.05) is 26.0 Å². The number of carbonyl (C=O) groups is 2. The second kappa shape index (κ2) is 8.78. The van der Waals surface area contributed by atoms with E-state index in [0.29, 0.717) is 17.2 Å². The highest BCUT2D eigenvalue weighted by Gasteiger charge is 2.23. The molecule has 150 valence electrons. The van der Waals surface area contributed by atoms with Crippen molar-refractivity contribution in [1.82, 2.24) is 25.1 Å². The summed E-state index contributed by atoms with van der Waals surface area (Å²) in [6, 6.07) is 9.50. The van der Waals surface area contributed by atoms with Crippen LogP contribution in [0.3, 0.4) is 0 Å². The molecule has 3 aromatic rings. The molecule has 29 heavy (non-hydrogen) atoms. The highest BCUT2D eigenvalue weighted by molar-refractivity contribution is 5.97. The van der Waals surface area contributed by atoms with Crippen molar-refractivity contribution in [3.63, 3.8) is 0 Å². The van der Waals surface area contributed by atoms with Crippen molar-refractivity contribution in [2.24, 2.45) is 0 Å². The Bertz CT molecular complexity index is 999. The van der Waals surface area contributed by atoms with Crippen LogP contribution in [-0.2, 0) is 16.1 Å². The molecule has 0 bridgehead atoms. The summed E-state index contributed by atoms with van der Waals surface area (Å²) in [5.41, 5.74) is 0.618. The highest BCUT2D eigenvalue weighted by Crippen LogP contribution is 2.16. The van der Waals surface area contributed by atoms with Crippen molar-refractivity contribution in [2.75, 3.05) is 5.32 Å². The van der Waals surface area contributed by atoms with Crippen LogP contribution in [0.25, 0.3) is 0 Å². The Morgan fingerprint density at radius 2 is 2.03 bits per heavy atom. The van der Waals surface area contributed by atoms with Crippen LogP contribution in [0.4, 0.5) is 11.6 Å².